The molecular weight excluding hydrogens is 393 g/mol. The average Bonchev–Trinajstić information content (AvgIpc) is 3.02. The van der Waals surface area contributed by atoms with Gasteiger partial charge in [-0.05, 0) is 18.2 Å². The van der Waals surface area contributed by atoms with Gasteiger partial charge in [0, 0.05) is 17.6 Å². The van der Waals surface area contributed by atoms with Crippen molar-refractivity contribution in [1.82, 2.24) is 5.16 Å². The zero-order chi connectivity index (χ0) is 17.6. The SMILES string of the molecule is NC(CS(=O)(=O)c1ccc(Cl)c(Cl)c1)=NCCSCc1ccon1. The number of sulfone groups is 1. The van der Waals surface area contributed by atoms with Crippen molar-refractivity contribution >= 4 is 50.6 Å². The van der Waals surface area contributed by atoms with Crippen LogP contribution in [0.3, 0.4) is 0 Å². The molecule has 0 unspecified atom stereocenters. The molecule has 2 N–H and O–H groups in total. The topological polar surface area (TPSA) is 98.6 Å². The van der Waals surface area contributed by atoms with Gasteiger partial charge in [0.15, 0.2) is 9.84 Å². The predicted octanol–water partition coefficient (Wildman–Crippen LogP) is 3.05. The Balaban J connectivity index is 1.85. The molecule has 0 saturated heterocycles. The molecule has 0 amide bonds. The van der Waals surface area contributed by atoms with E-state index in [2.05, 4.69) is 10.1 Å². The largest absolute Gasteiger partial charge is 0.387 e. The fourth-order valence-electron chi connectivity index (χ4n) is 1.74. The summed E-state index contributed by atoms with van der Waals surface area (Å²) in [7, 11) is -3.61. The van der Waals surface area contributed by atoms with Gasteiger partial charge in [0.05, 0.1) is 27.2 Å². The van der Waals surface area contributed by atoms with E-state index in [0.29, 0.717) is 23.1 Å². The van der Waals surface area contributed by atoms with Gasteiger partial charge in [-0.15, -0.1) is 0 Å². The number of aliphatic imine (C=N–C) groups is 1. The lowest BCUT2D eigenvalue weighted by Gasteiger charge is -2.06. The van der Waals surface area contributed by atoms with Gasteiger partial charge < -0.3 is 10.3 Å². The Kier molecular flexibility index (Phi) is 6.97. The minimum absolute atomic E-state index is 0.0584. The molecule has 24 heavy (non-hydrogen) atoms. The van der Waals surface area contributed by atoms with Gasteiger partial charge in [-0.3, -0.25) is 4.99 Å². The Hall–Kier alpha value is -1.22. The quantitative estimate of drug-likeness (QED) is 0.410. The first-order valence-electron chi connectivity index (χ1n) is 6.82. The molecule has 0 bridgehead atoms. The smallest absolute Gasteiger partial charge is 0.185 e. The molecule has 1 heterocycles. The number of nitrogens with two attached hydrogens (primary N) is 1. The van der Waals surface area contributed by atoms with E-state index in [4.69, 9.17) is 33.5 Å². The number of halogens is 2. The first-order valence-corrected chi connectivity index (χ1v) is 10.4. The molecule has 0 spiro atoms. The maximum Gasteiger partial charge on any atom is 0.185 e. The van der Waals surface area contributed by atoms with Crippen molar-refractivity contribution in [3.8, 4) is 0 Å². The molecule has 10 heteroatoms. The van der Waals surface area contributed by atoms with Crippen LogP contribution < -0.4 is 5.73 Å². The summed E-state index contributed by atoms with van der Waals surface area (Å²) in [6.45, 7) is 0.422. The van der Waals surface area contributed by atoms with Crippen molar-refractivity contribution < 1.29 is 12.9 Å². The number of aromatic nitrogens is 1. The van der Waals surface area contributed by atoms with E-state index in [0.717, 1.165) is 5.69 Å². The van der Waals surface area contributed by atoms with E-state index in [-0.39, 0.29) is 21.5 Å². The van der Waals surface area contributed by atoms with Crippen LogP contribution in [0.15, 0.2) is 44.9 Å². The van der Waals surface area contributed by atoms with Crippen molar-refractivity contribution in [2.45, 2.75) is 10.6 Å². The van der Waals surface area contributed by atoms with E-state index in [9.17, 15) is 8.42 Å². The van der Waals surface area contributed by atoms with Gasteiger partial charge in [-0.2, -0.15) is 11.8 Å². The third-order valence-electron chi connectivity index (χ3n) is 2.88. The molecule has 0 atom stereocenters. The molecule has 0 aliphatic rings. The molecule has 6 nitrogen and oxygen atoms in total. The standard InChI is InChI=1S/C14H15Cl2N3O3S2/c15-12-2-1-11(7-13(12)16)24(20,21)9-14(17)18-4-6-23-8-10-3-5-22-19-10/h1-3,5,7H,4,6,8-9H2,(H2,17,18). The Morgan fingerprint density at radius 2 is 2.08 bits per heavy atom. The van der Waals surface area contributed by atoms with Gasteiger partial charge in [0.1, 0.15) is 17.9 Å². The van der Waals surface area contributed by atoms with Crippen LogP contribution in [0.4, 0.5) is 0 Å². The third kappa shape index (κ3) is 5.70. The maximum absolute atomic E-state index is 12.3. The summed E-state index contributed by atoms with van der Waals surface area (Å²) in [4.78, 5) is 4.15. The number of hydrogen-bond acceptors (Lipinski definition) is 6. The van der Waals surface area contributed by atoms with Crippen LogP contribution in [0, 0.1) is 0 Å². The number of nitrogens with zero attached hydrogens (tertiary/aromatic N) is 2. The van der Waals surface area contributed by atoms with Gasteiger partial charge in [-0.1, -0.05) is 28.4 Å². The summed E-state index contributed by atoms with van der Waals surface area (Å²) < 4.78 is 29.3. The Labute approximate surface area is 154 Å². The normalized spacial score (nSPS) is 12.5. The van der Waals surface area contributed by atoms with Gasteiger partial charge in [0.2, 0.25) is 0 Å². The summed E-state index contributed by atoms with van der Waals surface area (Å²) in [6, 6.07) is 5.92. The maximum atomic E-state index is 12.3. The lowest BCUT2D eigenvalue weighted by atomic mass is 10.4. The van der Waals surface area contributed by atoms with Crippen LogP contribution in [0.25, 0.3) is 0 Å². The molecule has 0 aliphatic carbocycles. The summed E-state index contributed by atoms with van der Waals surface area (Å²) in [5, 5.41) is 4.26. The van der Waals surface area contributed by atoms with Crippen LogP contribution in [0.1, 0.15) is 5.69 Å². The second kappa shape index (κ2) is 8.75. The Morgan fingerprint density at radius 3 is 2.75 bits per heavy atom. The zero-order valence-electron chi connectivity index (χ0n) is 12.5. The monoisotopic (exact) mass is 407 g/mol. The molecule has 1 aromatic carbocycles. The van der Waals surface area contributed by atoms with E-state index in [1.54, 1.807) is 17.8 Å². The third-order valence-corrected chi connectivity index (χ3v) is 6.24. The van der Waals surface area contributed by atoms with Crippen LogP contribution in [0.2, 0.25) is 10.0 Å². The number of amidine groups is 1. The Morgan fingerprint density at radius 1 is 1.29 bits per heavy atom. The van der Waals surface area contributed by atoms with E-state index in [1.807, 2.05) is 0 Å². The molecule has 0 fully saturated rings. The fraction of sp³-hybridized carbons (Fsp3) is 0.286. The molecule has 0 radical (unpaired) electrons. The lowest BCUT2D eigenvalue weighted by Crippen LogP contribution is -2.24. The minimum atomic E-state index is -3.61. The highest BCUT2D eigenvalue weighted by Crippen LogP contribution is 2.25. The van der Waals surface area contributed by atoms with Crippen molar-refractivity contribution in [3.63, 3.8) is 0 Å². The van der Waals surface area contributed by atoms with E-state index < -0.39 is 9.84 Å². The second-order valence-electron chi connectivity index (χ2n) is 4.75. The Bertz CT molecular complexity index is 809. The molecule has 1 aromatic heterocycles. The molecule has 0 aliphatic heterocycles. The lowest BCUT2D eigenvalue weighted by molar-refractivity contribution is 0.414. The van der Waals surface area contributed by atoms with Crippen LogP contribution in [-0.4, -0.2) is 37.5 Å². The fourth-order valence-corrected chi connectivity index (χ4v) is 4.04. The van der Waals surface area contributed by atoms with Gasteiger partial charge in [-0.25, -0.2) is 8.42 Å². The number of benzene rings is 1. The first-order chi connectivity index (χ1) is 11.4. The van der Waals surface area contributed by atoms with Crippen molar-refractivity contribution in [3.05, 3.63) is 46.3 Å². The van der Waals surface area contributed by atoms with Crippen molar-refractivity contribution in [1.29, 1.82) is 0 Å². The van der Waals surface area contributed by atoms with Crippen LogP contribution >= 0.6 is 35.0 Å². The predicted molar refractivity (Wildman–Crippen MR) is 97.7 cm³/mol. The van der Waals surface area contributed by atoms with Gasteiger partial charge in [0.25, 0.3) is 0 Å². The average molecular weight is 408 g/mol. The van der Waals surface area contributed by atoms with Crippen molar-refractivity contribution in [2.75, 3.05) is 18.1 Å². The van der Waals surface area contributed by atoms with E-state index >= 15 is 0 Å². The minimum Gasteiger partial charge on any atom is -0.387 e. The van der Waals surface area contributed by atoms with Crippen molar-refractivity contribution in [2.24, 2.45) is 10.7 Å². The number of thioether (sulfide) groups is 1. The summed E-state index contributed by atoms with van der Waals surface area (Å²) >= 11 is 13.2. The molecule has 130 valence electrons. The summed E-state index contributed by atoms with van der Waals surface area (Å²) in [6.07, 6.45) is 1.51. The molecule has 2 aromatic rings. The second-order valence-corrected chi connectivity index (χ2v) is 8.66. The zero-order valence-corrected chi connectivity index (χ0v) is 15.6. The molecular formula is C14H15Cl2N3O3S2. The van der Waals surface area contributed by atoms with Crippen LogP contribution in [0.5, 0.6) is 0 Å². The van der Waals surface area contributed by atoms with Crippen LogP contribution in [-0.2, 0) is 15.6 Å². The van der Waals surface area contributed by atoms with E-state index in [1.165, 1.54) is 24.5 Å². The highest BCUT2D eigenvalue weighted by molar-refractivity contribution is 7.98. The summed E-state index contributed by atoms with van der Waals surface area (Å²) in [5.74, 6) is 1.09. The number of hydrogen-bond donors (Lipinski definition) is 1. The highest BCUT2D eigenvalue weighted by Gasteiger charge is 2.17. The number of rotatable bonds is 8. The molecule has 0 saturated carbocycles. The first kappa shape index (κ1) is 19.1. The highest BCUT2D eigenvalue weighted by atomic mass is 35.5. The van der Waals surface area contributed by atoms with Gasteiger partial charge >= 0.3 is 0 Å². The summed E-state index contributed by atoms with van der Waals surface area (Å²) in [5.41, 5.74) is 6.56. The molecule has 2 rings (SSSR count).